The molecule has 198 valence electrons. The van der Waals surface area contributed by atoms with E-state index >= 15 is 0 Å². The number of nitrogens with zero attached hydrogens (tertiary/aromatic N) is 3. The number of rotatable bonds is 8. The maximum atomic E-state index is 9.61. The molecule has 1 aromatic carbocycles. The Labute approximate surface area is 218 Å². The van der Waals surface area contributed by atoms with Crippen molar-refractivity contribution in [3.8, 4) is 11.1 Å². The standard InChI is InChI=1S/C24H31N5O2.C4H7NO/c1-15-3-4-18(9-16(15)2)21-14-26-29-23(25-13-17-10-20(30)11-17)12-22(28-24(21)29)27-19-5-7-31-8-6-19;6-3-5-4-1-2-4/h3-4,9,12,14,17,19-20,25,30H,5-8,10-11,13H2,1-2H3,(H,27,28);3-4H,1-2H2,(H,5,6). The van der Waals surface area contributed by atoms with Gasteiger partial charge in [0, 0.05) is 43.5 Å². The Morgan fingerprint density at radius 2 is 1.86 bits per heavy atom. The number of amides is 1. The minimum Gasteiger partial charge on any atom is -0.393 e. The Hall–Kier alpha value is -3.17. The number of anilines is 2. The van der Waals surface area contributed by atoms with Crippen molar-refractivity contribution in [2.45, 2.75) is 70.6 Å². The number of carbonyl (C=O) groups excluding carboxylic acids is 1. The molecule has 0 unspecified atom stereocenters. The second kappa shape index (κ2) is 11.5. The lowest BCUT2D eigenvalue weighted by Crippen LogP contribution is -2.33. The highest BCUT2D eigenvalue weighted by Crippen LogP contribution is 2.31. The second-order valence-corrected chi connectivity index (χ2v) is 10.6. The maximum Gasteiger partial charge on any atom is 0.207 e. The topological polar surface area (TPSA) is 113 Å². The minimum atomic E-state index is -0.143. The zero-order valence-corrected chi connectivity index (χ0v) is 21.7. The van der Waals surface area contributed by atoms with Gasteiger partial charge >= 0.3 is 0 Å². The van der Waals surface area contributed by atoms with Crippen LogP contribution >= 0.6 is 0 Å². The average Bonchev–Trinajstić information content (AvgIpc) is 3.60. The van der Waals surface area contributed by atoms with Gasteiger partial charge in [-0.15, -0.1) is 0 Å². The molecule has 1 saturated heterocycles. The van der Waals surface area contributed by atoms with Gasteiger partial charge in [-0.05, 0) is 75.0 Å². The van der Waals surface area contributed by atoms with Crippen molar-refractivity contribution in [2.75, 3.05) is 30.4 Å². The molecule has 3 aromatic rings. The van der Waals surface area contributed by atoms with E-state index in [2.05, 4.69) is 59.2 Å². The predicted molar refractivity (Wildman–Crippen MR) is 145 cm³/mol. The smallest absolute Gasteiger partial charge is 0.207 e. The second-order valence-electron chi connectivity index (χ2n) is 10.6. The van der Waals surface area contributed by atoms with Crippen molar-refractivity contribution in [3.63, 3.8) is 0 Å². The van der Waals surface area contributed by atoms with Crippen LogP contribution in [-0.4, -0.2) is 64.1 Å². The first-order valence-electron chi connectivity index (χ1n) is 13.4. The van der Waals surface area contributed by atoms with Gasteiger partial charge in [-0.2, -0.15) is 9.61 Å². The van der Waals surface area contributed by atoms with Crippen LogP contribution in [0.2, 0.25) is 0 Å². The number of ether oxygens (including phenoxy) is 1. The summed E-state index contributed by atoms with van der Waals surface area (Å²) < 4.78 is 7.40. The number of hydrogen-bond donors (Lipinski definition) is 4. The molecule has 0 bridgehead atoms. The molecular formula is C28H38N6O3. The van der Waals surface area contributed by atoms with Gasteiger partial charge in [0.2, 0.25) is 6.41 Å². The molecule has 1 amide bonds. The maximum absolute atomic E-state index is 9.61. The van der Waals surface area contributed by atoms with E-state index < -0.39 is 0 Å². The summed E-state index contributed by atoms with van der Waals surface area (Å²) in [6.07, 6.45) is 8.58. The van der Waals surface area contributed by atoms with Crippen LogP contribution < -0.4 is 16.0 Å². The van der Waals surface area contributed by atoms with E-state index in [0.29, 0.717) is 18.0 Å². The normalized spacial score (nSPS) is 21.5. The van der Waals surface area contributed by atoms with Crippen LogP contribution in [0.4, 0.5) is 11.6 Å². The van der Waals surface area contributed by atoms with Crippen LogP contribution in [0, 0.1) is 19.8 Å². The molecular weight excluding hydrogens is 468 g/mol. The summed E-state index contributed by atoms with van der Waals surface area (Å²) in [4.78, 5) is 14.5. The number of aryl methyl sites for hydroxylation is 2. The van der Waals surface area contributed by atoms with Crippen molar-refractivity contribution in [1.82, 2.24) is 19.9 Å². The molecule has 9 heteroatoms. The lowest BCUT2D eigenvalue weighted by Gasteiger charge is -2.31. The summed E-state index contributed by atoms with van der Waals surface area (Å²) in [6, 6.07) is 9.44. The summed E-state index contributed by atoms with van der Waals surface area (Å²) >= 11 is 0. The van der Waals surface area contributed by atoms with Crippen LogP contribution in [0.5, 0.6) is 0 Å². The number of fused-ring (bicyclic) bond motifs is 1. The molecule has 3 heterocycles. The first-order valence-corrected chi connectivity index (χ1v) is 13.4. The molecule has 37 heavy (non-hydrogen) atoms. The summed E-state index contributed by atoms with van der Waals surface area (Å²) in [7, 11) is 0. The zero-order chi connectivity index (χ0) is 25.8. The molecule has 3 fully saturated rings. The van der Waals surface area contributed by atoms with Gasteiger partial charge in [0.15, 0.2) is 5.65 Å². The van der Waals surface area contributed by atoms with Gasteiger partial charge in [0.25, 0.3) is 0 Å². The summed E-state index contributed by atoms with van der Waals surface area (Å²) in [5, 5.41) is 24.1. The number of benzene rings is 1. The quantitative estimate of drug-likeness (QED) is 0.345. The van der Waals surface area contributed by atoms with E-state index in [-0.39, 0.29) is 6.10 Å². The van der Waals surface area contributed by atoms with Crippen molar-refractivity contribution >= 4 is 23.7 Å². The molecule has 0 atom stereocenters. The number of nitrogens with one attached hydrogen (secondary N) is 3. The number of hydrogen-bond acceptors (Lipinski definition) is 7. The van der Waals surface area contributed by atoms with Gasteiger partial charge in [-0.3, -0.25) is 4.79 Å². The third kappa shape index (κ3) is 6.40. The molecule has 1 aliphatic heterocycles. The molecule has 2 aromatic heterocycles. The van der Waals surface area contributed by atoms with Crippen molar-refractivity contribution in [1.29, 1.82) is 0 Å². The molecule has 0 spiro atoms. The lowest BCUT2D eigenvalue weighted by atomic mass is 9.82. The summed E-state index contributed by atoms with van der Waals surface area (Å²) in [5.74, 6) is 2.29. The molecule has 9 nitrogen and oxygen atoms in total. The fourth-order valence-corrected chi connectivity index (χ4v) is 4.79. The van der Waals surface area contributed by atoms with Crippen LogP contribution in [0.15, 0.2) is 30.5 Å². The van der Waals surface area contributed by atoms with Crippen molar-refractivity contribution in [2.24, 2.45) is 5.92 Å². The summed E-state index contributed by atoms with van der Waals surface area (Å²) in [5.41, 5.74) is 5.54. The van der Waals surface area contributed by atoms with Crippen LogP contribution in [0.3, 0.4) is 0 Å². The Morgan fingerprint density at radius 1 is 1.08 bits per heavy atom. The molecule has 4 N–H and O–H groups in total. The Balaban J connectivity index is 0.000000412. The van der Waals surface area contributed by atoms with E-state index in [9.17, 15) is 9.90 Å². The van der Waals surface area contributed by atoms with Crippen molar-refractivity contribution < 1.29 is 14.6 Å². The minimum absolute atomic E-state index is 0.143. The Morgan fingerprint density at radius 3 is 2.51 bits per heavy atom. The van der Waals surface area contributed by atoms with Gasteiger partial charge in [0.05, 0.1) is 12.3 Å². The van der Waals surface area contributed by atoms with Crippen LogP contribution in [0.1, 0.15) is 49.7 Å². The van der Waals surface area contributed by atoms with Crippen molar-refractivity contribution in [3.05, 3.63) is 41.6 Å². The summed E-state index contributed by atoms with van der Waals surface area (Å²) in [6.45, 7) is 6.66. The first kappa shape index (κ1) is 25.5. The highest BCUT2D eigenvalue weighted by Gasteiger charge is 2.27. The fourth-order valence-electron chi connectivity index (χ4n) is 4.79. The SMILES string of the molecule is Cc1ccc(-c2cnn3c(NCC4CC(O)C4)cc(NC4CCOCC4)nc23)cc1C.O=CNC1CC1. The van der Waals surface area contributed by atoms with E-state index in [1.807, 2.05) is 10.7 Å². The highest BCUT2D eigenvalue weighted by atomic mass is 16.5. The van der Waals surface area contributed by atoms with E-state index in [1.54, 1.807) is 0 Å². The highest BCUT2D eigenvalue weighted by molar-refractivity contribution is 5.80. The van der Waals surface area contributed by atoms with Crippen LogP contribution in [-0.2, 0) is 9.53 Å². The number of aliphatic hydroxyl groups is 1. The lowest BCUT2D eigenvalue weighted by molar-refractivity contribution is -0.109. The van der Waals surface area contributed by atoms with E-state index in [4.69, 9.17) is 9.72 Å². The molecule has 2 saturated carbocycles. The third-order valence-corrected chi connectivity index (χ3v) is 7.53. The number of aliphatic hydroxyl groups excluding tert-OH is 1. The largest absolute Gasteiger partial charge is 0.393 e. The van der Waals surface area contributed by atoms with E-state index in [0.717, 1.165) is 80.3 Å². The van der Waals surface area contributed by atoms with Gasteiger partial charge in [0.1, 0.15) is 11.6 Å². The fraction of sp³-hybridized carbons (Fsp3) is 0.536. The molecule has 3 aliphatic rings. The number of aromatic nitrogens is 3. The molecule has 2 aliphatic carbocycles. The van der Waals surface area contributed by atoms with E-state index in [1.165, 1.54) is 24.0 Å². The van der Waals surface area contributed by atoms with Crippen LogP contribution in [0.25, 0.3) is 16.8 Å². The zero-order valence-electron chi connectivity index (χ0n) is 21.7. The molecule has 0 radical (unpaired) electrons. The Bertz CT molecular complexity index is 1210. The predicted octanol–water partition coefficient (Wildman–Crippen LogP) is 3.68. The van der Waals surface area contributed by atoms with Gasteiger partial charge in [-0.25, -0.2) is 4.98 Å². The number of carbonyl (C=O) groups is 1. The Kier molecular flexibility index (Phi) is 7.90. The third-order valence-electron chi connectivity index (χ3n) is 7.53. The monoisotopic (exact) mass is 506 g/mol. The van der Waals surface area contributed by atoms with Gasteiger partial charge in [-0.1, -0.05) is 18.2 Å². The molecule has 6 rings (SSSR count). The average molecular weight is 507 g/mol. The first-order chi connectivity index (χ1) is 18.0. The van der Waals surface area contributed by atoms with Gasteiger partial charge < -0.3 is 25.8 Å².